The molecule has 0 bridgehead atoms. The molecule has 1 aromatic carbocycles. The summed E-state index contributed by atoms with van der Waals surface area (Å²) in [7, 11) is 0. The molecule has 0 saturated carbocycles. The molecule has 2 aromatic heterocycles. The molecule has 1 aliphatic rings. The summed E-state index contributed by atoms with van der Waals surface area (Å²) in [5.74, 6) is 0.168. The highest BCUT2D eigenvalue weighted by molar-refractivity contribution is 5.64. The minimum Gasteiger partial charge on any atom is -0.381 e. The van der Waals surface area contributed by atoms with Gasteiger partial charge in [-0.1, -0.05) is 6.07 Å². The Balaban J connectivity index is 1.88. The number of hydrogen-bond donors (Lipinski definition) is 1. The number of rotatable bonds is 2. The van der Waals surface area contributed by atoms with Crippen molar-refractivity contribution in [1.82, 2.24) is 29.5 Å². The number of benzene rings is 1. The fourth-order valence-electron chi connectivity index (χ4n) is 2.75. The molecule has 0 radical (unpaired) electrons. The first-order valence-corrected chi connectivity index (χ1v) is 6.39. The third kappa shape index (κ3) is 1.83. The number of halogens is 1. The molecule has 0 amide bonds. The molecular weight excluding hydrogens is 275 g/mol. The van der Waals surface area contributed by atoms with Crippen LogP contribution in [0.5, 0.6) is 0 Å². The molecule has 3 heterocycles. The van der Waals surface area contributed by atoms with Crippen LogP contribution < -0.4 is 0 Å². The minimum absolute atomic E-state index is 0.199. The highest BCUT2D eigenvalue weighted by Crippen LogP contribution is 2.38. The first-order valence-electron chi connectivity index (χ1n) is 6.39. The van der Waals surface area contributed by atoms with Gasteiger partial charge in [-0.2, -0.15) is 10.2 Å². The van der Waals surface area contributed by atoms with Crippen molar-refractivity contribution in [3.05, 3.63) is 48.6 Å². The molecular formula is C13H11FN6O. The number of aromatic nitrogens is 6. The van der Waals surface area contributed by atoms with Gasteiger partial charge in [-0.05, 0) is 17.7 Å². The zero-order valence-corrected chi connectivity index (χ0v) is 10.9. The SMILES string of the molecule is OC1(Cn2cncn2)Cn2ncnc2-c2cc(F)ccc21. The maximum absolute atomic E-state index is 13.6. The molecule has 0 spiro atoms. The standard InChI is InChI=1S/C13H11FN6O/c14-9-1-2-11-10(3-9)12-16-7-18-20(12)5-13(11,21)4-19-8-15-6-17-19/h1-3,6-8,21H,4-5H2. The van der Waals surface area contributed by atoms with Gasteiger partial charge in [0.2, 0.25) is 0 Å². The first kappa shape index (κ1) is 12.2. The Morgan fingerprint density at radius 2 is 2.19 bits per heavy atom. The molecule has 8 heteroatoms. The Labute approximate surface area is 118 Å². The largest absolute Gasteiger partial charge is 0.381 e. The summed E-state index contributed by atoms with van der Waals surface area (Å²) in [4.78, 5) is 8.01. The molecule has 106 valence electrons. The van der Waals surface area contributed by atoms with E-state index in [1.165, 1.54) is 35.8 Å². The second-order valence-corrected chi connectivity index (χ2v) is 5.06. The van der Waals surface area contributed by atoms with Gasteiger partial charge in [-0.25, -0.2) is 23.7 Å². The predicted octanol–water partition coefficient (Wildman–Crippen LogP) is 0.577. The van der Waals surface area contributed by atoms with Gasteiger partial charge >= 0.3 is 0 Å². The van der Waals surface area contributed by atoms with Crippen LogP contribution in [0.2, 0.25) is 0 Å². The van der Waals surface area contributed by atoms with E-state index in [2.05, 4.69) is 20.2 Å². The van der Waals surface area contributed by atoms with Gasteiger partial charge in [-0.3, -0.25) is 0 Å². The van der Waals surface area contributed by atoms with E-state index >= 15 is 0 Å². The fraction of sp³-hybridized carbons (Fsp3) is 0.231. The topological polar surface area (TPSA) is 81.6 Å². The van der Waals surface area contributed by atoms with Crippen molar-refractivity contribution < 1.29 is 9.50 Å². The molecule has 1 atom stereocenters. The Morgan fingerprint density at radius 3 is 3.00 bits per heavy atom. The van der Waals surface area contributed by atoms with E-state index in [0.717, 1.165) is 0 Å². The monoisotopic (exact) mass is 286 g/mol. The quantitative estimate of drug-likeness (QED) is 0.745. The summed E-state index contributed by atoms with van der Waals surface area (Å²) in [5, 5.41) is 19.2. The van der Waals surface area contributed by atoms with Gasteiger partial charge in [0.05, 0.1) is 13.1 Å². The van der Waals surface area contributed by atoms with Crippen LogP contribution in [0.25, 0.3) is 11.4 Å². The molecule has 1 unspecified atom stereocenters. The van der Waals surface area contributed by atoms with Crippen LogP contribution in [0.4, 0.5) is 4.39 Å². The van der Waals surface area contributed by atoms with Crippen molar-refractivity contribution in [1.29, 1.82) is 0 Å². The fourth-order valence-corrected chi connectivity index (χ4v) is 2.75. The predicted molar refractivity (Wildman–Crippen MR) is 69.3 cm³/mol. The summed E-state index contributed by atoms with van der Waals surface area (Å²) < 4.78 is 16.7. The Kier molecular flexibility index (Phi) is 2.43. The van der Waals surface area contributed by atoms with Gasteiger partial charge in [0.1, 0.15) is 30.4 Å². The molecule has 1 N–H and O–H groups in total. The zero-order valence-electron chi connectivity index (χ0n) is 10.9. The van der Waals surface area contributed by atoms with Crippen molar-refractivity contribution in [2.24, 2.45) is 0 Å². The van der Waals surface area contributed by atoms with Crippen LogP contribution in [0.1, 0.15) is 5.56 Å². The second kappa shape index (κ2) is 4.19. The lowest BCUT2D eigenvalue weighted by Crippen LogP contribution is -2.40. The average Bonchev–Trinajstić information content (AvgIpc) is 3.09. The highest BCUT2D eigenvalue weighted by atomic mass is 19.1. The maximum atomic E-state index is 13.6. The van der Waals surface area contributed by atoms with Crippen LogP contribution >= 0.6 is 0 Å². The van der Waals surface area contributed by atoms with Crippen LogP contribution in [0, 0.1) is 5.82 Å². The molecule has 21 heavy (non-hydrogen) atoms. The van der Waals surface area contributed by atoms with Crippen LogP contribution in [-0.2, 0) is 18.7 Å². The third-order valence-corrected chi connectivity index (χ3v) is 3.64. The van der Waals surface area contributed by atoms with Crippen molar-refractivity contribution in [3.63, 3.8) is 0 Å². The van der Waals surface area contributed by atoms with Crippen molar-refractivity contribution in [2.75, 3.05) is 0 Å². The second-order valence-electron chi connectivity index (χ2n) is 5.06. The molecule has 4 rings (SSSR count). The van der Waals surface area contributed by atoms with E-state index in [0.29, 0.717) is 17.0 Å². The van der Waals surface area contributed by atoms with Gasteiger partial charge in [0, 0.05) is 5.56 Å². The average molecular weight is 286 g/mol. The van der Waals surface area contributed by atoms with Crippen LogP contribution in [0.3, 0.4) is 0 Å². The van der Waals surface area contributed by atoms with E-state index in [1.54, 1.807) is 10.7 Å². The van der Waals surface area contributed by atoms with E-state index in [4.69, 9.17) is 0 Å². The number of hydrogen-bond acceptors (Lipinski definition) is 5. The Morgan fingerprint density at radius 1 is 1.29 bits per heavy atom. The van der Waals surface area contributed by atoms with E-state index in [-0.39, 0.29) is 18.9 Å². The number of fused-ring (bicyclic) bond motifs is 3. The number of aliphatic hydroxyl groups is 1. The summed E-state index contributed by atoms with van der Waals surface area (Å²) in [6, 6.07) is 4.28. The lowest BCUT2D eigenvalue weighted by molar-refractivity contribution is -0.00763. The zero-order chi connectivity index (χ0) is 14.4. The third-order valence-electron chi connectivity index (χ3n) is 3.64. The van der Waals surface area contributed by atoms with Crippen molar-refractivity contribution >= 4 is 0 Å². The lowest BCUT2D eigenvalue weighted by atomic mass is 9.86. The van der Waals surface area contributed by atoms with E-state index < -0.39 is 5.60 Å². The molecule has 0 fully saturated rings. The van der Waals surface area contributed by atoms with Crippen molar-refractivity contribution in [2.45, 2.75) is 18.7 Å². The summed E-state index contributed by atoms with van der Waals surface area (Å²) in [6.07, 6.45) is 4.32. The molecule has 7 nitrogen and oxygen atoms in total. The summed E-state index contributed by atoms with van der Waals surface area (Å²) in [5.41, 5.74) is -0.0986. The molecule has 0 saturated heterocycles. The highest BCUT2D eigenvalue weighted by Gasteiger charge is 2.39. The molecule has 0 aliphatic carbocycles. The van der Waals surface area contributed by atoms with Gasteiger partial charge in [-0.15, -0.1) is 0 Å². The van der Waals surface area contributed by atoms with Gasteiger partial charge in [0.25, 0.3) is 0 Å². The van der Waals surface area contributed by atoms with Gasteiger partial charge < -0.3 is 5.11 Å². The lowest BCUT2D eigenvalue weighted by Gasteiger charge is -2.34. The van der Waals surface area contributed by atoms with E-state index in [1.807, 2.05) is 0 Å². The first-order chi connectivity index (χ1) is 10.2. The smallest absolute Gasteiger partial charge is 0.158 e. The minimum atomic E-state index is -1.25. The Bertz CT molecular complexity index is 795. The summed E-state index contributed by atoms with van der Waals surface area (Å²) >= 11 is 0. The normalized spacial score (nSPS) is 20.1. The maximum Gasteiger partial charge on any atom is 0.158 e. The van der Waals surface area contributed by atoms with Crippen LogP contribution in [0.15, 0.2) is 37.2 Å². The van der Waals surface area contributed by atoms with Crippen molar-refractivity contribution in [3.8, 4) is 11.4 Å². The van der Waals surface area contributed by atoms with Gasteiger partial charge in [0.15, 0.2) is 5.82 Å². The van der Waals surface area contributed by atoms with E-state index in [9.17, 15) is 9.50 Å². The molecule has 1 aliphatic heterocycles. The number of nitrogens with zero attached hydrogens (tertiary/aromatic N) is 6. The Hall–Kier alpha value is -2.61. The summed E-state index contributed by atoms with van der Waals surface area (Å²) in [6.45, 7) is 0.422. The van der Waals surface area contributed by atoms with Crippen LogP contribution in [-0.4, -0.2) is 34.6 Å². The molecule has 3 aromatic rings.